The predicted octanol–water partition coefficient (Wildman–Crippen LogP) is 5.63. The molecule has 0 fully saturated rings. The number of nitrogens with zero attached hydrogens (tertiary/aromatic N) is 3. The highest BCUT2D eigenvalue weighted by atomic mass is 79.9. The van der Waals surface area contributed by atoms with Crippen molar-refractivity contribution >= 4 is 45.0 Å². The van der Waals surface area contributed by atoms with Gasteiger partial charge in [-0.1, -0.05) is 23.8 Å². The molecule has 7 nitrogen and oxygen atoms in total. The first-order valence-corrected chi connectivity index (χ1v) is 12.1. The smallest absolute Gasteiger partial charge is 0.318 e. The maximum atomic E-state index is 13.4. The van der Waals surface area contributed by atoms with Gasteiger partial charge in [-0.15, -0.1) is 0 Å². The lowest BCUT2D eigenvalue weighted by Crippen LogP contribution is -2.36. The Morgan fingerprint density at radius 3 is 2.88 bits per heavy atom. The van der Waals surface area contributed by atoms with E-state index in [2.05, 4.69) is 43.1 Å². The highest BCUT2D eigenvalue weighted by molar-refractivity contribution is 9.10. The van der Waals surface area contributed by atoms with E-state index in [1.54, 1.807) is 10.7 Å². The number of fused-ring (bicyclic) bond motifs is 1. The van der Waals surface area contributed by atoms with Gasteiger partial charge in [-0.3, -0.25) is 0 Å². The molecule has 0 radical (unpaired) electrons. The zero-order valence-electron chi connectivity index (χ0n) is 18.2. The second kappa shape index (κ2) is 11.1. The zero-order valence-corrected chi connectivity index (χ0v) is 20.5. The first-order chi connectivity index (χ1) is 16.4. The summed E-state index contributed by atoms with van der Waals surface area (Å²) in [6, 6.07) is 1.53. The Balaban J connectivity index is 1.27. The Labute approximate surface area is 209 Å². The van der Waals surface area contributed by atoms with Crippen molar-refractivity contribution in [2.75, 3.05) is 18.4 Å². The summed E-state index contributed by atoms with van der Waals surface area (Å²) < 4.78 is 28.9. The maximum Gasteiger partial charge on any atom is 0.318 e. The van der Waals surface area contributed by atoms with Gasteiger partial charge >= 0.3 is 6.03 Å². The van der Waals surface area contributed by atoms with Crippen molar-refractivity contribution in [1.29, 1.82) is 0 Å². The Bertz CT molecular complexity index is 1190. The van der Waals surface area contributed by atoms with E-state index in [1.807, 2.05) is 18.2 Å². The Morgan fingerprint density at radius 1 is 1.26 bits per heavy atom. The minimum Gasteiger partial charge on any atom is -0.370 e. The first kappa shape index (κ1) is 24.4. The molecule has 2 unspecified atom stereocenters. The Kier molecular flexibility index (Phi) is 7.99. The van der Waals surface area contributed by atoms with Crippen molar-refractivity contribution in [1.82, 2.24) is 25.2 Å². The van der Waals surface area contributed by atoms with Crippen LogP contribution in [0.4, 0.5) is 19.4 Å². The number of hydrogen-bond acceptors (Lipinski definition) is 4. The summed E-state index contributed by atoms with van der Waals surface area (Å²) >= 11 is 9.93. The quantitative estimate of drug-likeness (QED) is 0.370. The second-order valence-electron chi connectivity index (χ2n) is 7.99. The molecule has 4 rings (SSSR count). The summed E-state index contributed by atoms with van der Waals surface area (Å²) in [6.07, 6.45) is 10.4. The number of amides is 2. The van der Waals surface area contributed by atoms with Crippen LogP contribution in [-0.2, 0) is 0 Å². The van der Waals surface area contributed by atoms with Gasteiger partial charge in [0.25, 0.3) is 0 Å². The largest absolute Gasteiger partial charge is 0.370 e. The number of anilines is 1. The molecule has 2 aromatic rings. The highest BCUT2D eigenvalue weighted by Crippen LogP contribution is 2.34. The molecule has 2 amide bonds. The number of alkyl halides is 1. The molecule has 0 bridgehead atoms. The van der Waals surface area contributed by atoms with E-state index in [-0.39, 0.29) is 12.3 Å². The van der Waals surface area contributed by atoms with Crippen molar-refractivity contribution in [3.63, 3.8) is 0 Å². The minimum atomic E-state index is -1.71. The molecule has 180 valence electrons. The third-order valence-corrected chi connectivity index (χ3v) is 6.46. The number of urea groups is 1. The first-order valence-electron chi connectivity index (χ1n) is 11.0. The fourth-order valence-electron chi connectivity index (χ4n) is 3.72. The van der Waals surface area contributed by atoms with Crippen molar-refractivity contribution < 1.29 is 13.6 Å². The Morgan fingerprint density at radius 2 is 2.09 bits per heavy atom. The molecule has 0 saturated heterocycles. The average molecular weight is 554 g/mol. The van der Waals surface area contributed by atoms with E-state index in [1.165, 1.54) is 6.08 Å². The van der Waals surface area contributed by atoms with Crippen LogP contribution in [0.25, 0.3) is 5.65 Å². The summed E-state index contributed by atoms with van der Waals surface area (Å²) in [5, 5.41) is 13.8. The summed E-state index contributed by atoms with van der Waals surface area (Å²) in [5.74, 6) is -0.0175. The highest BCUT2D eigenvalue weighted by Gasteiger charge is 2.21. The van der Waals surface area contributed by atoms with Gasteiger partial charge in [0.2, 0.25) is 0 Å². The van der Waals surface area contributed by atoms with Gasteiger partial charge in [-0.25, -0.2) is 18.6 Å². The number of halogens is 4. The third-order valence-electron chi connectivity index (χ3n) is 5.51. The van der Waals surface area contributed by atoms with E-state index >= 15 is 0 Å². The lowest BCUT2D eigenvalue weighted by atomic mass is 9.96. The fraction of sp³-hybridized carbons (Fsp3) is 0.348. The van der Waals surface area contributed by atoms with Crippen LogP contribution in [0.15, 0.2) is 63.7 Å². The van der Waals surface area contributed by atoms with Crippen molar-refractivity contribution in [2.45, 2.75) is 37.8 Å². The number of allylic oxidation sites excluding steroid dienone is 8. The molecular weight excluding hydrogens is 530 g/mol. The van der Waals surface area contributed by atoms with Gasteiger partial charge in [-0.05, 0) is 53.4 Å². The number of rotatable bonds is 8. The van der Waals surface area contributed by atoms with E-state index in [4.69, 9.17) is 16.6 Å². The molecule has 2 heterocycles. The molecular formula is C23H24BrClF2N6O. The number of aromatic nitrogens is 3. The molecule has 0 saturated carbocycles. The number of carbonyl (C=O) groups is 1. The summed E-state index contributed by atoms with van der Waals surface area (Å²) in [5.41, 5.74) is 1.92. The molecule has 0 aromatic carbocycles. The fourth-order valence-corrected chi connectivity index (χ4v) is 4.34. The number of carbonyl (C=O) groups excluding carboxylic acids is 1. The van der Waals surface area contributed by atoms with Crippen molar-refractivity contribution in [3.05, 3.63) is 69.4 Å². The maximum absolute atomic E-state index is 13.4. The molecule has 0 spiro atoms. The van der Waals surface area contributed by atoms with Crippen LogP contribution in [0, 0.1) is 0 Å². The normalized spacial score (nSPS) is 19.9. The SMILES string of the molecule is O=C(NCCCCNc1cc(C2CC=CC=C2Cl)nc2c(Br)cnn12)NC1=CC=C(F)C(F)C1. The van der Waals surface area contributed by atoms with Crippen LogP contribution >= 0.6 is 27.5 Å². The van der Waals surface area contributed by atoms with E-state index < -0.39 is 18.0 Å². The monoisotopic (exact) mass is 552 g/mol. The van der Waals surface area contributed by atoms with Crippen molar-refractivity contribution in [3.8, 4) is 0 Å². The average Bonchev–Trinajstić information content (AvgIpc) is 3.19. The van der Waals surface area contributed by atoms with Crippen LogP contribution in [-0.4, -0.2) is 39.9 Å². The topological polar surface area (TPSA) is 83.3 Å². The van der Waals surface area contributed by atoms with E-state index in [0.717, 1.165) is 46.4 Å². The molecule has 0 aliphatic heterocycles. The number of unbranched alkanes of at least 4 members (excludes halogenated alkanes) is 1. The summed E-state index contributed by atoms with van der Waals surface area (Å²) in [6.45, 7) is 1.11. The molecule has 2 atom stereocenters. The van der Waals surface area contributed by atoms with Gasteiger partial charge in [0.05, 0.1) is 16.4 Å². The van der Waals surface area contributed by atoms with Crippen LogP contribution in [0.5, 0.6) is 0 Å². The molecule has 2 aromatic heterocycles. The van der Waals surface area contributed by atoms with Crippen LogP contribution in [0.1, 0.15) is 37.3 Å². The molecule has 2 aliphatic carbocycles. The van der Waals surface area contributed by atoms with Gasteiger partial charge in [0, 0.05) is 42.2 Å². The van der Waals surface area contributed by atoms with Gasteiger partial charge in [0.15, 0.2) is 11.8 Å². The lowest BCUT2D eigenvalue weighted by molar-refractivity contribution is 0.241. The molecule has 11 heteroatoms. The zero-order chi connectivity index (χ0) is 24.1. The summed E-state index contributed by atoms with van der Waals surface area (Å²) in [4.78, 5) is 16.7. The molecule has 2 aliphatic rings. The van der Waals surface area contributed by atoms with Gasteiger partial charge in [-0.2, -0.15) is 9.61 Å². The minimum absolute atomic E-state index is 0.000617. The van der Waals surface area contributed by atoms with Crippen LogP contribution in [0.3, 0.4) is 0 Å². The van der Waals surface area contributed by atoms with Gasteiger partial charge < -0.3 is 16.0 Å². The van der Waals surface area contributed by atoms with Gasteiger partial charge in [0.1, 0.15) is 11.6 Å². The van der Waals surface area contributed by atoms with Crippen molar-refractivity contribution in [2.24, 2.45) is 0 Å². The Hall–Kier alpha value is -2.72. The number of hydrogen-bond donors (Lipinski definition) is 3. The molecule has 34 heavy (non-hydrogen) atoms. The van der Waals surface area contributed by atoms with E-state index in [0.29, 0.717) is 24.4 Å². The van der Waals surface area contributed by atoms with Crippen LogP contribution in [0.2, 0.25) is 0 Å². The van der Waals surface area contributed by atoms with E-state index in [9.17, 15) is 13.6 Å². The molecule has 3 N–H and O–H groups in total. The summed E-state index contributed by atoms with van der Waals surface area (Å²) in [7, 11) is 0. The lowest BCUT2D eigenvalue weighted by Gasteiger charge is -2.18. The number of nitrogens with one attached hydrogen (secondary N) is 3. The third kappa shape index (κ3) is 5.85. The predicted molar refractivity (Wildman–Crippen MR) is 132 cm³/mol. The second-order valence-corrected chi connectivity index (χ2v) is 9.28. The van der Waals surface area contributed by atoms with Crippen LogP contribution < -0.4 is 16.0 Å². The standard InChI is InChI=1S/C23H24BrClF2N6O/c24-16-13-30-33-21(12-20(32-22(16)33)15-5-1-2-6-17(15)25)28-9-3-4-10-29-23(34)31-14-7-8-18(26)19(27)11-14/h1-2,6-8,12-13,15,19,28H,3-5,9-11H2,(H2,29,31,34).